The number of nitrogens with zero attached hydrogens (tertiary/aromatic N) is 1. The molecule has 1 amide bonds. The van der Waals surface area contributed by atoms with Crippen molar-refractivity contribution in [1.29, 1.82) is 0 Å². The highest BCUT2D eigenvalue weighted by Gasteiger charge is 2.41. The summed E-state index contributed by atoms with van der Waals surface area (Å²) < 4.78 is 0. The number of amides is 1. The maximum Gasteiger partial charge on any atom is 0.242 e. The standard InChI is InChI=1S/C11H20N2O2/c1-11(4-2-3-5-12-11)10(15)13-6-9(7-13)8-14/h9,12,14H,2-8H2,1H3. The molecule has 1 atom stereocenters. The molecule has 15 heavy (non-hydrogen) atoms. The minimum Gasteiger partial charge on any atom is -0.396 e. The maximum atomic E-state index is 12.1. The van der Waals surface area contributed by atoms with Gasteiger partial charge in [0.2, 0.25) is 5.91 Å². The molecule has 86 valence electrons. The Labute approximate surface area is 90.6 Å². The van der Waals surface area contributed by atoms with Crippen LogP contribution in [-0.4, -0.2) is 47.7 Å². The van der Waals surface area contributed by atoms with Crippen LogP contribution in [0.15, 0.2) is 0 Å². The third-order valence-electron chi connectivity index (χ3n) is 3.59. The molecule has 0 radical (unpaired) electrons. The lowest BCUT2D eigenvalue weighted by atomic mass is 9.87. The van der Waals surface area contributed by atoms with E-state index < -0.39 is 0 Å². The zero-order chi connectivity index (χ0) is 10.9. The van der Waals surface area contributed by atoms with Gasteiger partial charge in [0.05, 0.1) is 5.54 Å². The van der Waals surface area contributed by atoms with Gasteiger partial charge < -0.3 is 15.3 Å². The first-order valence-corrected chi connectivity index (χ1v) is 5.81. The Morgan fingerprint density at radius 1 is 1.53 bits per heavy atom. The Hall–Kier alpha value is -0.610. The van der Waals surface area contributed by atoms with Crippen molar-refractivity contribution in [2.45, 2.75) is 31.7 Å². The van der Waals surface area contributed by atoms with Crippen LogP contribution in [0.25, 0.3) is 0 Å². The Bertz CT molecular complexity index is 243. The number of aliphatic hydroxyl groups excluding tert-OH is 1. The summed E-state index contributed by atoms with van der Waals surface area (Å²) in [5.41, 5.74) is -0.349. The van der Waals surface area contributed by atoms with E-state index in [0.29, 0.717) is 5.92 Å². The van der Waals surface area contributed by atoms with E-state index in [1.165, 1.54) is 6.42 Å². The average Bonchev–Trinajstić information content (AvgIpc) is 2.17. The fraction of sp³-hybridized carbons (Fsp3) is 0.909. The zero-order valence-corrected chi connectivity index (χ0v) is 9.33. The molecule has 0 aromatic heterocycles. The lowest BCUT2D eigenvalue weighted by Gasteiger charge is -2.45. The van der Waals surface area contributed by atoms with Gasteiger partial charge >= 0.3 is 0 Å². The Morgan fingerprint density at radius 3 is 2.80 bits per heavy atom. The highest BCUT2D eigenvalue weighted by molar-refractivity contribution is 5.86. The molecule has 0 saturated carbocycles. The first-order chi connectivity index (χ1) is 7.15. The number of rotatable bonds is 2. The van der Waals surface area contributed by atoms with Crippen LogP contribution in [-0.2, 0) is 4.79 Å². The second-order valence-corrected chi connectivity index (χ2v) is 4.97. The van der Waals surface area contributed by atoms with Crippen LogP contribution < -0.4 is 5.32 Å². The molecule has 2 N–H and O–H groups in total. The first kappa shape index (κ1) is 10.9. The highest BCUT2D eigenvalue weighted by Crippen LogP contribution is 2.25. The van der Waals surface area contributed by atoms with Crippen LogP contribution in [0, 0.1) is 5.92 Å². The summed E-state index contributed by atoms with van der Waals surface area (Å²) in [6.45, 7) is 4.60. The summed E-state index contributed by atoms with van der Waals surface area (Å²) in [5.74, 6) is 0.521. The van der Waals surface area contributed by atoms with E-state index in [1.807, 2.05) is 11.8 Å². The minimum atomic E-state index is -0.349. The van der Waals surface area contributed by atoms with Gasteiger partial charge in [-0.25, -0.2) is 0 Å². The quantitative estimate of drug-likeness (QED) is 0.676. The van der Waals surface area contributed by atoms with E-state index in [4.69, 9.17) is 5.11 Å². The van der Waals surface area contributed by atoms with Gasteiger partial charge in [0.25, 0.3) is 0 Å². The lowest BCUT2D eigenvalue weighted by Crippen LogP contribution is -2.63. The fourth-order valence-electron chi connectivity index (χ4n) is 2.44. The molecule has 4 nitrogen and oxygen atoms in total. The summed E-state index contributed by atoms with van der Waals surface area (Å²) in [7, 11) is 0. The Morgan fingerprint density at radius 2 is 2.27 bits per heavy atom. The molecule has 0 aromatic carbocycles. The van der Waals surface area contributed by atoms with Crippen molar-refractivity contribution >= 4 is 5.91 Å². The van der Waals surface area contributed by atoms with Gasteiger partial charge in [0, 0.05) is 25.6 Å². The monoisotopic (exact) mass is 212 g/mol. The molecule has 2 aliphatic rings. The molecule has 2 saturated heterocycles. The normalized spacial score (nSPS) is 32.5. The van der Waals surface area contributed by atoms with E-state index >= 15 is 0 Å². The number of piperidine rings is 1. The van der Waals surface area contributed by atoms with Crippen molar-refractivity contribution in [3.05, 3.63) is 0 Å². The van der Waals surface area contributed by atoms with E-state index in [1.54, 1.807) is 0 Å². The van der Waals surface area contributed by atoms with Crippen LogP contribution in [0.5, 0.6) is 0 Å². The number of aliphatic hydroxyl groups is 1. The Balaban J connectivity index is 1.90. The first-order valence-electron chi connectivity index (χ1n) is 5.81. The van der Waals surface area contributed by atoms with Gasteiger partial charge in [-0.15, -0.1) is 0 Å². The lowest BCUT2D eigenvalue weighted by molar-refractivity contribution is -0.146. The number of likely N-dealkylation sites (tertiary alicyclic amines) is 1. The predicted molar refractivity (Wildman–Crippen MR) is 57.4 cm³/mol. The number of nitrogens with one attached hydrogen (secondary N) is 1. The molecule has 2 fully saturated rings. The van der Waals surface area contributed by atoms with Gasteiger partial charge in [-0.3, -0.25) is 4.79 Å². The average molecular weight is 212 g/mol. The van der Waals surface area contributed by atoms with Crippen molar-refractivity contribution in [1.82, 2.24) is 10.2 Å². The van der Waals surface area contributed by atoms with Crippen molar-refractivity contribution in [3.63, 3.8) is 0 Å². The van der Waals surface area contributed by atoms with Crippen LogP contribution in [0.4, 0.5) is 0 Å². The molecule has 2 aliphatic heterocycles. The molecular formula is C11H20N2O2. The van der Waals surface area contributed by atoms with Crippen molar-refractivity contribution in [2.75, 3.05) is 26.2 Å². The number of hydrogen-bond donors (Lipinski definition) is 2. The van der Waals surface area contributed by atoms with Gasteiger partial charge in [-0.2, -0.15) is 0 Å². The molecule has 1 unspecified atom stereocenters. The third kappa shape index (κ3) is 2.01. The van der Waals surface area contributed by atoms with Crippen LogP contribution in [0.1, 0.15) is 26.2 Å². The number of carbonyl (C=O) groups excluding carboxylic acids is 1. The van der Waals surface area contributed by atoms with Crippen molar-refractivity contribution < 1.29 is 9.90 Å². The van der Waals surface area contributed by atoms with Crippen molar-refractivity contribution in [2.24, 2.45) is 5.92 Å². The zero-order valence-electron chi connectivity index (χ0n) is 9.33. The molecule has 0 aliphatic carbocycles. The highest BCUT2D eigenvalue weighted by atomic mass is 16.3. The molecule has 0 spiro atoms. The second kappa shape index (κ2) is 4.10. The SMILES string of the molecule is CC1(C(=O)N2CC(CO)C2)CCCCN1. The van der Waals surface area contributed by atoms with E-state index in [2.05, 4.69) is 5.32 Å². The topological polar surface area (TPSA) is 52.6 Å². The predicted octanol–water partition coefficient (Wildman–Crippen LogP) is -0.0307. The van der Waals surface area contributed by atoms with E-state index in [0.717, 1.165) is 32.5 Å². The smallest absolute Gasteiger partial charge is 0.242 e. The second-order valence-electron chi connectivity index (χ2n) is 4.97. The van der Waals surface area contributed by atoms with Gasteiger partial charge in [0.15, 0.2) is 0 Å². The van der Waals surface area contributed by atoms with Crippen LogP contribution in [0.2, 0.25) is 0 Å². The van der Waals surface area contributed by atoms with E-state index in [9.17, 15) is 4.79 Å². The van der Waals surface area contributed by atoms with Crippen LogP contribution in [0.3, 0.4) is 0 Å². The molecule has 2 rings (SSSR count). The largest absolute Gasteiger partial charge is 0.396 e. The maximum absolute atomic E-state index is 12.1. The summed E-state index contributed by atoms with van der Waals surface area (Å²) in [6, 6.07) is 0. The summed E-state index contributed by atoms with van der Waals surface area (Å²) in [5, 5.41) is 12.2. The molecule has 0 bridgehead atoms. The summed E-state index contributed by atoms with van der Waals surface area (Å²) >= 11 is 0. The molecule has 0 aromatic rings. The Kier molecular flexibility index (Phi) is 2.98. The van der Waals surface area contributed by atoms with Gasteiger partial charge in [-0.1, -0.05) is 0 Å². The van der Waals surface area contributed by atoms with E-state index in [-0.39, 0.29) is 18.1 Å². The summed E-state index contributed by atoms with van der Waals surface area (Å²) in [6.07, 6.45) is 3.24. The summed E-state index contributed by atoms with van der Waals surface area (Å²) in [4.78, 5) is 14.0. The molecule has 2 heterocycles. The fourth-order valence-corrected chi connectivity index (χ4v) is 2.44. The van der Waals surface area contributed by atoms with Crippen molar-refractivity contribution in [3.8, 4) is 0 Å². The van der Waals surface area contributed by atoms with Gasteiger partial charge in [0.1, 0.15) is 0 Å². The van der Waals surface area contributed by atoms with Gasteiger partial charge in [-0.05, 0) is 32.7 Å². The number of hydrogen-bond acceptors (Lipinski definition) is 3. The van der Waals surface area contributed by atoms with Crippen LogP contribution >= 0.6 is 0 Å². The number of carbonyl (C=O) groups is 1. The molecule has 4 heteroatoms. The third-order valence-corrected chi connectivity index (χ3v) is 3.59. The minimum absolute atomic E-state index is 0.202. The molecular weight excluding hydrogens is 192 g/mol.